The highest BCUT2D eigenvalue weighted by Gasteiger charge is 2.22. The standard InChI is InChI=1S/C51H31N5S/c1-3-15-32(16-4-1)49-52-50(54-51(53-49)42-25-14-24-41-38-23-9-12-28-45(38)57-48(41)42)33-17-13-20-35(31-33)56-44-27-11-8-22-37(44)40-30-29-39-36-21-7-10-26-43(36)55(46(39)47(40)56)34-18-5-2-6-19-34/h1-31H. The Balaban J connectivity index is 1.13. The minimum Gasteiger partial charge on any atom is -0.307 e. The summed E-state index contributed by atoms with van der Waals surface area (Å²) in [5.41, 5.74) is 9.67. The van der Waals surface area contributed by atoms with Crippen molar-refractivity contribution in [1.82, 2.24) is 24.1 Å². The van der Waals surface area contributed by atoms with E-state index in [-0.39, 0.29) is 0 Å². The largest absolute Gasteiger partial charge is 0.307 e. The summed E-state index contributed by atoms with van der Waals surface area (Å²) < 4.78 is 7.27. The summed E-state index contributed by atoms with van der Waals surface area (Å²) in [6.45, 7) is 0. The molecular formula is C51H31N5S. The zero-order valence-electron chi connectivity index (χ0n) is 30.5. The van der Waals surface area contributed by atoms with E-state index in [1.807, 2.05) is 18.2 Å². The molecule has 0 aliphatic carbocycles. The molecule has 6 heteroatoms. The minimum atomic E-state index is 0.628. The Hall–Kier alpha value is -7.41. The number of rotatable bonds is 5. The van der Waals surface area contributed by atoms with Gasteiger partial charge in [0.1, 0.15) is 0 Å². The molecule has 0 unspecified atom stereocenters. The number of benzene rings is 8. The van der Waals surface area contributed by atoms with Crippen LogP contribution in [0.4, 0.5) is 0 Å². The molecule has 8 aromatic carbocycles. The third kappa shape index (κ3) is 4.91. The van der Waals surface area contributed by atoms with Gasteiger partial charge in [-0.15, -0.1) is 11.3 Å². The van der Waals surface area contributed by atoms with E-state index in [0.717, 1.165) is 39.1 Å². The molecule has 12 aromatic rings. The smallest absolute Gasteiger partial charge is 0.165 e. The highest BCUT2D eigenvalue weighted by molar-refractivity contribution is 7.26. The van der Waals surface area contributed by atoms with Gasteiger partial charge in [0.2, 0.25) is 0 Å². The van der Waals surface area contributed by atoms with Crippen LogP contribution in [-0.2, 0) is 0 Å². The Kier molecular flexibility index (Phi) is 7.03. The minimum absolute atomic E-state index is 0.628. The molecule has 0 N–H and O–H groups in total. The van der Waals surface area contributed by atoms with Crippen LogP contribution in [0.15, 0.2) is 188 Å². The maximum absolute atomic E-state index is 5.27. The van der Waals surface area contributed by atoms with Crippen LogP contribution in [0.5, 0.6) is 0 Å². The van der Waals surface area contributed by atoms with Crippen LogP contribution in [0.3, 0.4) is 0 Å². The summed E-state index contributed by atoms with van der Waals surface area (Å²) in [5.74, 6) is 1.93. The summed E-state index contributed by atoms with van der Waals surface area (Å²) in [6.07, 6.45) is 0. The summed E-state index contributed by atoms with van der Waals surface area (Å²) in [7, 11) is 0. The lowest BCUT2D eigenvalue weighted by atomic mass is 10.1. The van der Waals surface area contributed by atoms with E-state index in [9.17, 15) is 0 Å². The number of hydrogen-bond acceptors (Lipinski definition) is 4. The summed E-state index contributed by atoms with van der Waals surface area (Å²) in [6, 6.07) is 66.6. The molecule has 4 heterocycles. The third-order valence-electron chi connectivity index (χ3n) is 11.2. The molecule has 57 heavy (non-hydrogen) atoms. The topological polar surface area (TPSA) is 48.5 Å². The van der Waals surface area contributed by atoms with Crippen LogP contribution in [-0.4, -0.2) is 24.1 Å². The van der Waals surface area contributed by atoms with Gasteiger partial charge in [-0.3, -0.25) is 0 Å². The van der Waals surface area contributed by atoms with Crippen molar-refractivity contribution in [3.63, 3.8) is 0 Å². The van der Waals surface area contributed by atoms with Crippen LogP contribution in [0.1, 0.15) is 0 Å². The van der Waals surface area contributed by atoms with Gasteiger partial charge < -0.3 is 9.13 Å². The van der Waals surface area contributed by atoms with Crippen LogP contribution >= 0.6 is 11.3 Å². The molecule has 0 spiro atoms. The Morgan fingerprint density at radius 3 is 1.58 bits per heavy atom. The van der Waals surface area contributed by atoms with Crippen LogP contribution in [0.2, 0.25) is 0 Å². The van der Waals surface area contributed by atoms with E-state index in [2.05, 4.69) is 179 Å². The van der Waals surface area contributed by atoms with Gasteiger partial charge in [-0.25, -0.2) is 15.0 Å². The molecule has 0 bridgehead atoms. The zero-order valence-corrected chi connectivity index (χ0v) is 31.4. The molecule has 0 fully saturated rings. The number of thiophene rings is 1. The molecule has 0 saturated carbocycles. The first-order valence-electron chi connectivity index (χ1n) is 19.1. The van der Waals surface area contributed by atoms with E-state index in [4.69, 9.17) is 15.0 Å². The van der Waals surface area contributed by atoms with Crippen LogP contribution in [0.25, 0.3) is 109 Å². The molecule has 0 atom stereocenters. The maximum atomic E-state index is 5.27. The summed E-state index contributed by atoms with van der Waals surface area (Å²) in [5, 5.41) is 7.31. The van der Waals surface area contributed by atoms with Crippen molar-refractivity contribution in [1.29, 1.82) is 0 Å². The Morgan fingerprint density at radius 1 is 0.351 bits per heavy atom. The fraction of sp³-hybridized carbons (Fsp3) is 0. The fourth-order valence-corrected chi connectivity index (χ4v) is 9.88. The van der Waals surface area contributed by atoms with E-state index in [1.54, 1.807) is 11.3 Å². The van der Waals surface area contributed by atoms with Crippen molar-refractivity contribution in [3.8, 4) is 45.5 Å². The maximum Gasteiger partial charge on any atom is 0.165 e. The molecule has 0 saturated heterocycles. The molecule has 266 valence electrons. The van der Waals surface area contributed by atoms with Crippen LogP contribution < -0.4 is 0 Å². The van der Waals surface area contributed by atoms with Gasteiger partial charge in [0.15, 0.2) is 17.5 Å². The Bertz CT molecular complexity index is 3520. The molecule has 0 radical (unpaired) electrons. The molecule has 4 aromatic heterocycles. The van der Waals surface area contributed by atoms with E-state index >= 15 is 0 Å². The predicted molar refractivity (Wildman–Crippen MR) is 238 cm³/mol. The second-order valence-electron chi connectivity index (χ2n) is 14.4. The van der Waals surface area contributed by atoms with E-state index in [0.29, 0.717) is 17.5 Å². The monoisotopic (exact) mass is 745 g/mol. The van der Waals surface area contributed by atoms with E-state index in [1.165, 1.54) is 52.8 Å². The highest BCUT2D eigenvalue weighted by Crippen LogP contribution is 2.43. The summed E-state index contributed by atoms with van der Waals surface area (Å²) >= 11 is 1.79. The molecule has 0 aliphatic rings. The lowest BCUT2D eigenvalue weighted by Crippen LogP contribution is -2.01. The lowest BCUT2D eigenvalue weighted by Gasteiger charge is -2.14. The van der Waals surface area contributed by atoms with Gasteiger partial charge in [-0.2, -0.15) is 0 Å². The van der Waals surface area contributed by atoms with E-state index < -0.39 is 0 Å². The second-order valence-corrected chi connectivity index (χ2v) is 15.5. The first kappa shape index (κ1) is 31.9. The van der Waals surface area contributed by atoms with Crippen molar-refractivity contribution in [2.24, 2.45) is 0 Å². The van der Waals surface area contributed by atoms with Crippen molar-refractivity contribution in [2.45, 2.75) is 0 Å². The van der Waals surface area contributed by atoms with Gasteiger partial charge in [-0.1, -0.05) is 140 Å². The third-order valence-corrected chi connectivity index (χ3v) is 12.4. The Labute approximate surface area is 331 Å². The molecule has 0 aliphatic heterocycles. The second kappa shape index (κ2) is 12.6. The van der Waals surface area contributed by atoms with Crippen molar-refractivity contribution >= 4 is 75.1 Å². The Morgan fingerprint density at radius 2 is 0.860 bits per heavy atom. The zero-order chi connectivity index (χ0) is 37.5. The van der Waals surface area contributed by atoms with Crippen molar-refractivity contribution in [3.05, 3.63) is 188 Å². The number of hydrogen-bond donors (Lipinski definition) is 0. The molecule has 0 amide bonds. The quantitative estimate of drug-likeness (QED) is 0.176. The number of fused-ring (bicyclic) bond motifs is 10. The van der Waals surface area contributed by atoms with Gasteiger partial charge in [0, 0.05) is 69.8 Å². The SMILES string of the molecule is c1ccc(-c2nc(-c3cccc(-n4c5ccccc5c5ccc6c7ccccc7n(-c7ccccc7)c6c54)c3)nc(-c3cccc4c3sc3ccccc34)n2)cc1. The molecular weight excluding hydrogens is 715 g/mol. The summed E-state index contributed by atoms with van der Waals surface area (Å²) in [4.78, 5) is 15.6. The van der Waals surface area contributed by atoms with Gasteiger partial charge in [0.05, 0.1) is 22.1 Å². The average molecular weight is 746 g/mol. The normalized spacial score (nSPS) is 11.9. The highest BCUT2D eigenvalue weighted by atomic mass is 32.1. The average Bonchev–Trinajstić information content (AvgIpc) is 3.95. The number of aromatic nitrogens is 5. The van der Waals surface area contributed by atoms with Crippen LogP contribution in [0, 0.1) is 0 Å². The molecule has 12 rings (SSSR count). The van der Waals surface area contributed by atoms with Gasteiger partial charge in [0.25, 0.3) is 0 Å². The fourth-order valence-electron chi connectivity index (χ4n) is 8.66. The molecule has 5 nitrogen and oxygen atoms in total. The first-order valence-corrected chi connectivity index (χ1v) is 19.9. The van der Waals surface area contributed by atoms with Gasteiger partial charge >= 0.3 is 0 Å². The van der Waals surface area contributed by atoms with Crippen molar-refractivity contribution in [2.75, 3.05) is 0 Å². The van der Waals surface area contributed by atoms with Gasteiger partial charge in [-0.05, 0) is 48.5 Å². The number of nitrogens with zero attached hydrogens (tertiary/aromatic N) is 5. The lowest BCUT2D eigenvalue weighted by molar-refractivity contribution is 1.07. The number of para-hydroxylation sites is 3. The predicted octanol–water partition coefficient (Wildman–Crippen LogP) is 13.4. The van der Waals surface area contributed by atoms with Crippen molar-refractivity contribution < 1.29 is 0 Å². The first-order chi connectivity index (χ1) is 28.3.